The number of hydrogen-bond donors (Lipinski definition) is 1. The number of rotatable bonds is 8. The van der Waals surface area contributed by atoms with Crippen LogP contribution in [0.2, 0.25) is 0 Å². The van der Waals surface area contributed by atoms with Crippen molar-refractivity contribution in [2.45, 2.75) is 39.7 Å². The molecule has 0 saturated heterocycles. The van der Waals surface area contributed by atoms with Crippen LogP contribution in [-0.2, 0) is 18.3 Å². The summed E-state index contributed by atoms with van der Waals surface area (Å²) >= 11 is 0. The molecule has 0 unspecified atom stereocenters. The lowest BCUT2D eigenvalue weighted by Crippen LogP contribution is -2.38. The maximum Gasteiger partial charge on any atom is 0.193 e. The Kier molecular flexibility index (Phi) is 7.95. The molecule has 0 aromatic carbocycles. The fraction of sp³-hybridized carbons (Fsp3) is 0.750. The normalized spacial score (nSPS) is 12.0. The molecule has 0 aliphatic rings. The van der Waals surface area contributed by atoms with Gasteiger partial charge in [0.2, 0.25) is 0 Å². The molecule has 0 saturated carbocycles. The molecular weight excluding hydrogens is 278 g/mol. The number of ether oxygens (including phenoxy) is 1. The summed E-state index contributed by atoms with van der Waals surface area (Å²) < 4.78 is 6.96. The van der Waals surface area contributed by atoms with E-state index < -0.39 is 0 Å². The lowest BCUT2D eigenvalue weighted by Gasteiger charge is -2.22. The van der Waals surface area contributed by atoms with Crippen LogP contribution in [-0.4, -0.2) is 54.5 Å². The molecule has 6 nitrogen and oxygen atoms in total. The Morgan fingerprint density at radius 3 is 2.82 bits per heavy atom. The van der Waals surface area contributed by atoms with Crippen LogP contribution in [0.15, 0.2) is 11.2 Å². The predicted molar refractivity (Wildman–Crippen MR) is 91.2 cm³/mol. The molecule has 0 fully saturated rings. The zero-order valence-corrected chi connectivity index (χ0v) is 14.9. The van der Waals surface area contributed by atoms with Crippen LogP contribution in [0.1, 0.15) is 44.4 Å². The summed E-state index contributed by atoms with van der Waals surface area (Å²) in [6, 6.07) is 0. The van der Waals surface area contributed by atoms with E-state index in [0.29, 0.717) is 5.92 Å². The maximum atomic E-state index is 5.07. The molecule has 0 radical (unpaired) electrons. The van der Waals surface area contributed by atoms with Crippen molar-refractivity contribution in [1.82, 2.24) is 20.0 Å². The molecule has 6 heteroatoms. The second-order valence-electron chi connectivity index (χ2n) is 5.81. The highest BCUT2D eigenvalue weighted by Gasteiger charge is 2.14. The Morgan fingerprint density at radius 2 is 2.23 bits per heavy atom. The highest BCUT2D eigenvalue weighted by atomic mass is 16.5. The molecule has 1 aromatic heterocycles. The van der Waals surface area contributed by atoms with E-state index in [9.17, 15) is 0 Å². The van der Waals surface area contributed by atoms with Crippen LogP contribution in [0.25, 0.3) is 0 Å². The standard InChI is InChI=1S/C16H31N5O/c1-7-17-16(18-9-8-10-22-6)20(4)11-14-12-21(5)19-15(14)13(2)3/h12-13H,7-11H2,1-6H3,(H,17,18). The van der Waals surface area contributed by atoms with Gasteiger partial charge in [0.15, 0.2) is 5.96 Å². The van der Waals surface area contributed by atoms with E-state index in [1.54, 1.807) is 7.11 Å². The number of aryl methyl sites for hydroxylation is 1. The van der Waals surface area contributed by atoms with Gasteiger partial charge in [-0.3, -0.25) is 9.67 Å². The molecule has 0 atom stereocenters. The number of methoxy groups -OCH3 is 1. The van der Waals surface area contributed by atoms with Gasteiger partial charge in [-0.1, -0.05) is 13.8 Å². The zero-order valence-electron chi connectivity index (χ0n) is 14.9. The first kappa shape index (κ1) is 18.5. The molecule has 1 heterocycles. The number of nitrogens with one attached hydrogen (secondary N) is 1. The van der Waals surface area contributed by atoms with Crippen LogP contribution in [0.4, 0.5) is 0 Å². The molecule has 0 amide bonds. The lowest BCUT2D eigenvalue weighted by atomic mass is 10.1. The van der Waals surface area contributed by atoms with Gasteiger partial charge < -0.3 is 15.0 Å². The third kappa shape index (κ3) is 5.67. The smallest absolute Gasteiger partial charge is 0.193 e. The summed E-state index contributed by atoms with van der Waals surface area (Å²) in [5, 5.41) is 7.91. The number of guanidine groups is 1. The Labute approximate surface area is 134 Å². The molecule has 0 bridgehead atoms. The minimum atomic E-state index is 0.422. The van der Waals surface area contributed by atoms with Crippen molar-refractivity contribution >= 4 is 5.96 Å². The fourth-order valence-corrected chi connectivity index (χ4v) is 2.36. The molecule has 0 aliphatic carbocycles. The Balaban J connectivity index is 2.76. The molecule has 126 valence electrons. The van der Waals surface area contributed by atoms with Gasteiger partial charge in [-0.15, -0.1) is 0 Å². The van der Waals surface area contributed by atoms with Gasteiger partial charge in [-0.2, -0.15) is 5.10 Å². The summed E-state index contributed by atoms with van der Waals surface area (Å²) in [7, 11) is 5.76. The van der Waals surface area contributed by atoms with E-state index in [2.05, 4.69) is 54.3 Å². The highest BCUT2D eigenvalue weighted by molar-refractivity contribution is 5.79. The average Bonchev–Trinajstić information content (AvgIpc) is 2.83. The van der Waals surface area contributed by atoms with Crippen LogP contribution in [0, 0.1) is 0 Å². The Bertz CT molecular complexity index is 467. The molecule has 1 rings (SSSR count). The number of aromatic nitrogens is 2. The first-order valence-electron chi connectivity index (χ1n) is 8.00. The van der Waals surface area contributed by atoms with E-state index in [0.717, 1.165) is 44.3 Å². The number of hydrogen-bond acceptors (Lipinski definition) is 3. The first-order chi connectivity index (χ1) is 10.5. The Hall–Kier alpha value is -1.56. The van der Waals surface area contributed by atoms with Crippen molar-refractivity contribution in [2.75, 3.05) is 33.9 Å². The van der Waals surface area contributed by atoms with Crippen LogP contribution >= 0.6 is 0 Å². The van der Waals surface area contributed by atoms with Gasteiger partial charge in [0.05, 0.1) is 5.69 Å². The van der Waals surface area contributed by atoms with Crippen molar-refractivity contribution < 1.29 is 4.74 Å². The molecule has 0 aliphatic heterocycles. The van der Waals surface area contributed by atoms with Gasteiger partial charge in [-0.05, 0) is 19.3 Å². The Morgan fingerprint density at radius 1 is 1.50 bits per heavy atom. The van der Waals surface area contributed by atoms with Crippen molar-refractivity contribution in [3.05, 3.63) is 17.5 Å². The van der Waals surface area contributed by atoms with Crippen molar-refractivity contribution in [3.63, 3.8) is 0 Å². The van der Waals surface area contributed by atoms with Gasteiger partial charge >= 0.3 is 0 Å². The average molecular weight is 309 g/mol. The summed E-state index contributed by atoms with van der Waals surface area (Å²) in [6.07, 6.45) is 3.03. The van der Waals surface area contributed by atoms with Gasteiger partial charge in [0.25, 0.3) is 0 Å². The minimum absolute atomic E-state index is 0.422. The van der Waals surface area contributed by atoms with E-state index in [-0.39, 0.29) is 0 Å². The third-order valence-corrected chi connectivity index (χ3v) is 3.36. The number of aliphatic imine (C=N–C) groups is 1. The van der Waals surface area contributed by atoms with Crippen molar-refractivity contribution in [3.8, 4) is 0 Å². The van der Waals surface area contributed by atoms with E-state index in [1.165, 1.54) is 5.56 Å². The summed E-state index contributed by atoms with van der Waals surface area (Å²) in [5.41, 5.74) is 2.41. The van der Waals surface area contributed by atoms with E-state index in [4.69, 9.17) is 4.74 Å². The predicted octanol–water partition coefficient (Wildman–Crippen LogP) is 1.98. The number of nitrogens with zero attached hydrogens (tertiary/aromatic N) is 4. The first-order valence-corrected chi connectivity index (χ1v) is 8.00. The summed E-state index contributed by atoms with van der Waals surface area (Å²) in [5.74, 6) is 1.35. The zero-order chi connectivity index (χ0) is 16.5. The largest absolute Gasteiger partial charge is 0.385 e. The van der Waals surface area contributed by atoms with Gasteiger partial charge in [0.1, 0.15) is 0 Å². The molecule has 1 aromatic rings. The molecule has 0 spiro atoms. The van der Waals surface area contributed by atoms with Crippen LogP contribution in [0.5, 0.6) is 0 Å². The highest BCUT2D eigenvalue weighted by Crippen LogP contribution is 2.18. The molecule has 22 heavy (non-hydrogen) atoms. The van der Waals surface area contributed by atoms with Crippen molar-refractivity contribution in [2.24, 2.45) is 12.0 Å². The van der Waals surface area contributed by atoms with E-state index in [1.807, 2.05) is 11.7 Å². The van der Waals surface area contributed by atoms with Crippen LogP contribution in [0.3, 0.4) is 0 Å². The monoisotopic (exact) mass is 309 g/mol. The lowest BCUT2D eigenvalue weighted by molar-refractivity contribution is 0.197. The maximum absolute atomic E-state index is 5.07. The third-order valence-electron chi connectivity index (χ3n) is 3.36. The van der Waals surface area contributed by atoms with Crippen LogP contribution < -0.4 is 5.32 Å². The molecule has 1 N–H and O–H groups in total. The van der Waals surface area contributed by atoms with Gasteiger partial charge in [0, 0.05) is 59.2 Å². The summed E-state index contributed by atoms with van der Waals surface area (Å²) in [4.78, 5) is 6.80. The summed E-state index contributed by atoms with van der Waals surface area (Å²) in [6.45, 7) is 9.61. The van der Waals surface area contributed by atoms with Gasteiger partial charge in [-0.25, -0.2) is 0 Å². The topological polar surface area (TPSA) is 54.7 Å². The second kappa shape index (κ2) is 9.46. The minimum Gasteiger partial charge on any atom is -0.385 e. The molecular formula is C16H31N5O. The van der Waals surface area contributed by atoms with E-state index >= 15 is 0 Å². The quantitative estimate of drug-likeness (QED) is 0.453. The second-order valence-corrected chi connectivity index (χ2v) is 5.81. The van der Waals surface area contributed by atoms with Crippen molar-refractivity contribution in [1.29, 1.82) is 0 Å². The fourth-order valence-electron chi connectivity index (χ4n) is 2.36. The SMILES string of the molecule is CCNC(=NCCCOC)N(C)Cc1cn(C)nc1C(C)C.